The fourth-order valence-corrected chi connectivity index (χ4v) is 0.969. The van der Waals surface area contributed by atoms with Crippen molar-refractivity contribution < 1.29 is 4.74 Å². The van der Waals surface area contributed by atoms with Crippen LogP contribution in [0.1, 0.15) is 6.92 Å². The van der Waals surface area contributed by atoms with Crippen LogP contribution in [0.5, 0.6) is 5.75 Å². The molecule has 0 unspecified atom stereocenters. The number of rotatable bonds is 1. The molecule has 0 aliphatic carbocycles. The van der Waals surface area contributed by atoms with Crippen molar-refractivity contribution in [2.75, 3.05) is 7.11 Å². The zero-order valence-corrected chi connectivity index (χ0v) is 6.92. The predicted molar refractivity (Wildman–Crippen MR) is 47.9 cm³/mol. The van der Waals surface area contributed by atoms with Gasteiger partial charge in [0.2, 0.25) is 0 Å². The van der Waals surface area contributed by atoms with E-state index in [0.29, 0.717) is 0 Å². The predicted octanol–water partition coefficient (Wildman–Crippen LogP) is 0.906. The molecule has 0 radical (unpaired) electrons. The molecule has 0 saturated heterocycles. The van der Waals surface area contributed by atoms with Crippen LogP contribution in [0.3, 0.4) is 0 Å². The third kappa shape index (κ3) is 1.61. The van der Waals surface area contributed by atoms with Crippen LogP contribution in [0.15, 0.2) is 18.2 Å². The lowest BCUT2D eigenvalue weighted by molar-refractivity contribution is 0.414. The first-order chi connectivity index (χ1) is 5.27. The highest BCUT2D eigenvalue weighted by molar-refractivity contribution is 5.31. The number of hydrogen-bond acceptors (Lipinski definition) is 1. The Balaban J connectivity index is 3.36. The van der Waals surface area contributed by atoms with Gasteiger partial charge in [0.15, 0.2) is 0 Å². The summed E-state index contributed by atoms with van der Waals surface area (Å²) in [4.78, 5) is 0. The highest BCUT2D eigenvalue weighted by atomic mass is 16.5. The maximum absolute atomic E-state index is 5.06. The highest BCUT2D eigenvalue weighted by Crippen LogP contribution is 2.00. The molecule has 1 rings (SSSR count). The summed E-state index contributed by atoms with van der Waals surface area (Å²) < 4.78 is 5.06. The third-order valence-corrected chi connectivity index (χ3v) is 1.66. The minimum atomic E-state index is 0.880. The molecule has 11 heavy (non-hydrogen) atoms. The first-order valence-corrected chi connectivity index (χ1v) is 3.57. The molecular formula is C10H12O. The van der Waals surface area contributed by atoms with Crippen molar-refractivity contribution >= 4 is 12.7 Å². The minimum Gasteiger partial charge on any atom is -0.497 e. The van der Waals surface area contributed by atoms with Gasteiger partial charge in [-0.2, -0.15) is 0 Å². The van der Waals surface area contributed by atoms with Crippen molar-refractivity contribution in [1.82, 2.24) is 0 Å². The van der Waals surface area contributed by atoms with E-state index >= 15 is 0 Å². The Morgan fingerprint density at radius 2 is 2.18 bits per heavy atom. The molecule has 1 nitrogen and oxygen atoms in total. The molecule has 0 aromatic heterocycles. The van der Waals surface area contributed by atoms with E-state index in [9.17, 15) is 0 Å². The highest BCUT2D eigenvalue weighted by Gasteiger charge is 1.87. The summed E-state index contributed by atoms with van der Waals surface area (Å²) in [6.45, 7) is 5.87. The molecule has 0 bridgehead atoms. The van der Waals surface area contributed by atoms with Gasteiger partial charge in [0.25, 0.3) is 0 Å². The molecule has 0 fully saturated rings. The van der Waals surface area contributed by atoms with Crippen LogP contribution < -0.4 is 15.2 Å². The van der Waals surface area contributed by atoms with Crippen molar-refractivity contribution in [3.63, 3.8) is 0 Å². The molecule has 0 atom stereocenters. The fraction of sp³-hybridized carbons (Fsp3) is 0.200. The minimum absolute atomic E-state index is 0.880. The van der Waals surface area contributed by atoms with E-state index in [1.165, 1.54) is 0 Å². The lowest BCUT2D eigenvalue weighted by Gasteiger charge is -1.97. The Morgan fingerprint density at radius 1 is 1.45 bits per heavy atom. The van der Waals surface area contributed by atoms with Crippen LogP contribution in [0.25, 0.3) is 12.7 Å². The third-order valence-electron chi connectivity index (χ3n) is 1.66. The number of ether oxygens (including phenoxy) is 1. The molecule has 0 aliphatic heterocycles. The van der Waals surface area contributed by atoms with Crippen molar-refractivity contribution in [3.05, 3.63) is 28.6 Å². The monoisotopic (exact) mass is 148 g/mol. The van der Waals surface area contributed by atoms with Gasteiger partial charge in [0, 0.05) is 0 Å². The summed E-state index contributed by atoms with van der Waals surface area (Å²) in [6, 6.07) is 5.84. The molecule has 0 heterocycles. The fourth-order valence-electron chi connectivity index (χ4n) is 0.969. The normalized spacial score (nSPS) is 11.6. The topological polar surface area (TPSA) is 9.23 Å². The summed E-state index contributed by atoms with van der Waals surface area (Å²) in [5.74, 6) is 0.880. The molecule has 58 valence electrons. The smallest absolute Gasteiger partial charge is 0.119 e. The van der Waals surface area contributed by atoms with E-state index in [1.54, 1.807) is 7.11 Å². The van der Waals surface area contributed by atoms with Crippen molar-refractivity contribution in [2.24, 2.45) is 0 Å². The molecular weight excluding hydrogens is 136 g/mol. The van der Waals surface area contributed by atoms with Crippen LogP contribution in [0, 0.1) is 0 Å². The van der Waals surface area contributed by atoms with Gasteiger partial charge in [-0.15, -0.1) is 0 Å². The van der Waals surface area contributed by atoms with Crippen LogP contribution in [-0.4, -0.2) is 7.11 Å². The Hall–Kier alpha value is -1.24. The SMILES string of the molecule is C=c1ccc(OC)c/c1=C/C. The van der Waals surface area contributed by atoms with Gasteiger partial charge in [0.05, 0.1) is 7.11 Å². The lowest BCUT2D eigenvalue weighted by Crippen LogP contribution is -2.21. The first kappa shape index (κ1) is 7.86. The van der Waals surface area contributed by atoms with Gasteiger partial charge < -0.3 is 4.74 Å². The van der Waals surface area contributed by atoms with Crippen LogP contribution in [-0.2, 0) is 0 Å². The van der Waals surface area contributed by atoms with Crippen LogP contribution in [0.4, 0.5) is 0 Å². The average Bonchev–Trinajstić information content (AvgIpc) is 2.05. The van der Waals surface area contributed by atoms with E-state index in [1.807, 2.05) is 31.2 Å². The second-order valence-corrected chi connectivity index (χ2v) is 2.35. The Bertz CT molecular complexity index is 338. The summed E-state index contributed by atoms with van der Waals surface area (Å²) >= 11 is 0. The Labute approximate surface area is 66.6 Å². The van der Waals surface area contributed by atoms with Gasteiger partial charge in [-0.3, -0.25) is 0 Å². The second kappa shape index (κ2) is 3.24. The number of hydrogen-bond donors (Lipinski definition) is 0. The van der Waals surface area contributed by atoms with Crippen molar-refractivity contribution in [1.29, 1.82) is 0 Å². The summed E-state index contributed by atoms with van der Waals surface area (Å²) in [6.07, 6.45) is 2.02. The van der Waals surface area contributed by atoms with Crippen LogP contribution in [0.2, 0.25) is 0 Å². The summed E-state index contributed by atoms with van der Waals surface area (Å²) in [5, 5.41) is 2.16. The standard InChI is InChI=1S/C10H12O/c1-4-9-7-10(11-3)6-5-8(9)2/h4-7H,2H2,1,3H3/b9-4-. The first-order valence-electron chi connectivity index (χ1n) is 3.57. The van der Waals surface area contributed by atoms with E-state index < -0.39 is 0 Å². The van der Waals surface area contributed by atoms with Crippen molar-refractivity contribution in [2.45, 2.75) is 6.92 Å². The molecule has 1 aromatic rings. The summed E-state index contributed by atoms with van der Waals surface area (Å²) in [5.41, 5.74) is 0. The molecule has 0 N–H and O–H groups in total. The van der Waals surface area contributed by atoms with E-state index in [2.05, 4.69) is 6.58 Å². The Morgan fingerprint density at radius 3 is 2.73 bits per heavy atom. The second-order valence-electron chi connectivity index (χ2n) is 2.35. The van der Waals surface area contributed by atoms with E-state index in [4.69, 9.17) is 4.74 Å². The molecule has 0 aliphatic rings. The summed E-state index contributed by atoms with van der Waals surface area (Å²) in [7, 11) is 1.66. The number of methoxy groups -OCH3 is 1. The van der Waals surface area contributed by atoms with Gasteiger partial charge in [0.1, 0.15) is 5.75 Å². The molecule has 1 aromatic carbocycles. The maximum atomic E-state index is 5.06. The molecule has 0 amide bonds. The number of benzene rings is 1. The zero-order chi connectivity index (χ0) is 8.27. The molecule has 0 spiro atoms. The maximum Gasteiger partial charge on any atom is 0.119 e. The molecule has 1 heteroatoms. The molecule has 0 saturated carbocycles. The quantitative estimate of drug-likeness (QED) is 0.575. The largest absolute Gasteiger partial charge is 0.497 e. The van der Waals surface area contributed by atoms with Crippen molar-refractivity contribution in [3.8, 4) is 5.75 Å². The zero-order valence-electron chi connectivity index (χ0n) is 6.92. The Kier molecular flexibility index (Phi) is 2.32. The van der Waals surface area contributed by atoms with Gasteiger partial charge in [-0.05, 0) is 29.5 Å². The van der Waals surface area contributed by atoms with E-state index in [0.717, 1.165) is 16.2 Å². The lowest BCUT2D eigenvalue weighted by atomic mass is 10.2. The average molecular weight is 148 g/mol. The van der Waals surface area contributed by atoms with E-state index in [-0.39, 0.29) is 0 Å². The van der Waals surface area contributed by atoms with Crippen LogP contribution >= 0.6 is 0 Å². The van der Waals surface area contributed by atoms with Gasteiger partial charge >= 0.3 is 0 Å². The van der Waals surface area contributed by atoms with Gasteiger partial charge in [-0.25, -0.2) is 0 Å². The van der Waals surface area contributed by atoms with Gasteiger partial charge in [-0.1, -0.05) is 18.7 Å².